The zero-order chi connectivity index (χ0) is 16.2. The van der Waals surface area contributed by atoms with Gasteiger partial charge in [-0.25, -0.2) is 13.1 Å². The first kappa shape index (κ1) is 16.7. The van der Waals surface area contributed by atoms with Gasteiger partial charge in [-0.1, -0.05) is 18.2 Å². The number of nitrogens with one attached hydrogen (secondary N) is 1. The molecule has 0 spiro atoms. The van der Waals surface area contributed by atoms with E-state index in [1.54, 1.807) is 16.3 Å². The Morgan fingerprint density at radius 1 is 1.27 bits per heavy atom. The quantitative estimate of drug-likeness (QED) is 0.879. The van der Waals surface area contributed by atoms with Gasteiger partial charge in [0.05, 0.1) is 6.54 Å². The van der Waals surface area contributed by atoms with Crippen molar-refractivity contribution in [1.29, 1.82) is 0 Å². The lowest BCUT2D eigenvalue weighted by Gasteiger charge is -2.21. The monoisotopic (exact) mass is 338 g/mol. The summed E-state index contributed by atoms with van der Waals surface area (Å²) in [6.07, 6.45) is 0. The Kier molecular flexibility index (Phi) is 5.33. The molecule has 0 aliphatic carbocycles. The molecule has 1 aromatic carbocycles. The topological polar surface area (TPSA) is 66.5 Å². The van der Waals surface area contributed by atoms with Gasteiger partial charge >= 0.3 is 0 Å². The van der Waals surface area contributed by atoms with E-state index in [4.69, 9.17) is 0 Å². The zero-order valence-electron chi connectivity index (χ0n) is 12.4. The van der Waals surface area contributed by atoms with Crippen LogP contribution in [0.25, 0.3) is 0 Å². The van der Waals surface area contributed by atoms with E-state index in [-0.39, 0.29) is 16.7 Å². The number of nitrogens with zero attached hydrogens (tertiary/aromatic N) is 1. The van der Waals surface area contributed by atoms with Crippen molar-refractivity contribution >= 4 is 33.0 Å². The molecule has 22 heavy (non-hydrogen) atoms. The number of anilines is 1. The fourth-order valence-corrected chi connectivity index (χ4v) is 4.05. The summed E-state index contributed by atoms with van der Waals surface area (Å²) in [6.45, 7) is 4.01. The third kappa shape index (κ3) is 3.94. The highest BCUT2D eigenvalue weighted by Gasteiger charge is 2.19. The molecule has 5 nitrogen and oxygen atoms in total. The summed E-state index contributed by atoms with van der Waals surface area (Å²) in [5.74, 6) is -0.284. The van der Waals surface area contributed by atoms with E-state index < -0.39 is 10.0 Å². The molecule has 0 bridgehead atoms. The summed E-state index contributed by atoms with van der Waals surface area (Å²) in [7, 11) is -3.62. The molecule has 2 rings (SSSR count). The first-order valence-electron chi connectivity index (χ1n) is 6.84. The molecule has 0 aliphatic rings. The Morgan fingerprint density at radius 3 is 2.64 bits per heavy atom. The van der Waals surface area contributed by atoms with Crippen molar-refractivity contribution in [2.75, 3.05) is 18.0 Å². The number of sulfonamides is 1. The van der Waals surface area contributed by atoms with Gasteiger partial charge in [-0.2, -0.15) is 0 Å². The maximum absolute atomic E-state index is 12.3. The van der Waals surface area contributed by atoms with Crippen LogP contribution < -0.4 is 9.62 Å². The van der Waals surface area contributed by atoms with Gasteiger partial charge < -0.3 is 4.90 Å². The van der Waals surface area contributed by atoms with Crippen molar-refractivity contribution in [1.82, 2.24) is 4.72 Å². The fraction of sp³-hybridized carbons (Fsp3) is 0.267. The second kappa shape index (κ2) is 7.04. The summed E-state index contributed by atoms with van der Waals surface area (Å²) < 4.78 is 26.6. The van der Waals surface area contributed by atoms with Crippen LogP contribution in [0, 0.1) is 6.92 Å². The Balaban J connectivity index is 2.07. The normalized spacial score (nSPS) is 11.4. The molecule has 2 aromatic rings. The highest BCUT2D eigenvalue weighted by molar-refractivity contribution is 7.91. The molecule has 0 atom stereocenters. The first-order chi connectivity index (χ1) is 10.4. The number of likely N-dealkylation sites (N-methyl/N-ethyl adjacent to an activating group) is 1. The first-order valence-corrected chi connectivity index (χ1v) is 9.20. The molecule has 0 saturated carbocycles. The standard InChI is InChI=1S/C15H18N2O3S2/c1-3-17(13-7-4-6-12(2)10-13)14(18)11-16-22(19,20)15-8-5-9-21-15/h4-10,16H,3,11H2,1-2H3. The molecule has 7 heteroatoms. The van der Waals surface area contributed by atoms with Crippen molar-refractivity contribution in [3.63, 3.8) is 0 Å². The molecule has 1 aromatic heterocycles. The Hall–Kier alpha value is -1.70. The summed E-state index contributed by atoms with van der Waals surface area (Å²) in [5.41, 5.74) is 1.81. The Labute approximate surface area is 134 Å². The van der Waals surface area contributed by atoms with E-state index in [9.17, 15) is 13.2 Å². The predicted molar refractivity (Wildman–Crippen MR) is 88.7 cm³/mol. The van der Waals surface area contributed by atoms with Crippen molar-refractivity contribution < 1.29 is 13.2 Å². The van der Waals surface area contributed by atoms with E-state index in [0.29, 0.717) is 6.54 Å². The lowest BCUT2D eigenvalue weighted by molar-refractivity contribution is -0.117. The van der Waals surface area contributed by atoms with Crippen LogP contribution in [-0.2, 0) is 14.8 Å². The summed E-state index contributed by atoms with van der Waals surface area (Å²) in [5, 5.41) is 1.68. The van der Waals surface area contributed by atoms with Gasteiger partial charge in [-0.05, 0) is 43.0 Å². The molecule has 0 fully saturated rings. The smallest absolute Gasteiger partial charge is 0.250 e. The average molecular weight is 338 g/mol. The number of rotatable bonds is 6. The number of carbonyl (C=O) groups is 1. The molecule has 1 N–H and O–H groups in total. The van der Waals surface area contributed by atoms with Gasteiger partial charge in [-0.3, -0.25) is 4.79 Å². The third-order valence-corrected chi connectivity index (χ3v) is 5.90. The minimum Gasteiger partial charge on any atom is -0.312 e. The molecular formula is C15H18N2O3S2. The van der Waals surface area contributed by atoms with Crippen LogP contribution in [0.1, 0.15) is 12.5 Å². The Morgan fingerprint density at radius 2 is 2.05 bits per heavy atom. The van der Waals surface area contributed by atoms with E-state index in [1.807, 2.05) is 38.1 Å². The summed E-state index contributed by atoms with van der Waals surface area (Å²) in [6, 6.07) is 10.7. The van der Waals surface area contributed by atoms with Gasteiger partial charge in [0.1, 0.15) is 4.21 Å². The van der Waals surface area contributed by atoms with Gasteiger partial charge in [-0.15, -0.1) is 11.3 Å². The number of hydrogen-bond donors (Lipinski definition) is 1. The summed E-state index contributed by atoms with van der Waals surface area (Å²) >= 11 is 1.12. The minimum absolute atomic E-state index is 0.207. The van der Waals surface area contributed by atoms with Crippen molar-refractivity contribution in [3.05, 3.63) is 47.3 Å². The van der Waals surface area contributed by atoms with Crippen molar-refractivity contribution in [2.24, 2.45) is 0 Å². The zero-order valence-corrected chi connectivity index (χ0v) is 14.1. The second-order valence-electron chi connectivity index (χ2n) is 4.73. The summed E-state index contributed by atoms with van der Waals surface area (Å²) in [4.78, 5) is 13.9. The van der Waals surface area contributed by atoms with Gasteiger partial charge in [0.2, 0.25) is 5.91 Å². The molecular weight excluding hydrogens is 320 g/mol. The third-order valence-electron chi connectivity index (χ3n) is 3.10. The fourth-order valence-electron chi connectivity index (χ4n) is 2.04. The number of amides is 1. The van der Waals surface area contributed by atoms with Gasteiger partial charge in [0, 0.05) is 12.2 Å². The Bertz CT molecular complexity index is 740. The lowest BCUT2D eigenvalue weighted by atomic mass is 10.2. The highest BCUT2D eigenvalue weighted by atomic mass is 32.2. The van der Waals surface area contributed by atoms with E-state index in [1.165, 1.54) is 6.07 Å². The maximum atomic E-state index is 12.3. The molecule has 118 valence electrons. The van der Waals surface area contributed by atoms with Crippen molar-refractivity contribution in [2.45, 2.75) is 18.1 Å². The van der Waals surface area contributed by atoms with Gasteiger partial charge in [0.25, 0.3) is 10.0 Å². The minimum atomic E-state index is -3.62. The average Bonchev–Trinajstić information content (AvgIpc) is 3.01. The van der Waals surface area contributed by atoms with Crippen molar-refractivity contribution in [3.8, 4) is 0 Å². The largest absolute Gasteiger partial charge is 0.312 e. The van der Waals surface area contributed by atoms with Crippen LogP contribution in [0.15, 0.2) is 46.0 Å². The SMILES string of the molecule is CCN(C(=O)CNS(=O)(=O)c1cccs1)c1cccc(C)c1. The van der Waals surface area contributed by atoms with Crippen LogP contribution in [0.4, 0.5) is 5.69 Å². The predicted octanol–water partition coefficient (Wildman–Crippen LogP) is 2.39. The lowest BCUT2D eigenvalue weighted by Crippen LogP contribution is -2.40. The number of thiophene rings is 1. The number of carbonyl (C=O) groups excluding carboxylic acids is 1. The van der Waals surface area contributed by atoms with E-state index in [2.05, 4.69) is 4.72 Å². The van der Waals surface area contributed by atoms with Crippen LogP contribution in [0.5, 0.6) is 0 Å². The highest BCUT2D eigenvalue weighted by Crippen LogP contribution is 2.17. The number of aryl methyl sites for hydroxylation is 1. The molecule has 0 radical (unpaired) electrons. The molecule has 1 amide bonds. The van der Waals surface area contributed by atoms with Gasteiger partial charge in [0.15, 0.2) is 0 Å². The second-order valence-corrected chi connectivity index (χ2v) is 7.68. The van der Waals surface area contributed by atoms with Crippen LogP contribution in [0.2, 0.25) is 0 Å². The van der Waals surface area contributed by atoms with E-state index in [0.717, 1.165) is 22.6 Å². The van der Waals surface area contributed by atoms with E-state index >= 15 is 0 Å². The number of benzene rings is 1. The number of hydrogen-bond acceptors (Lipinski definition) is 4. The molecule has 0 unspecified atom stereocenters. The maximum Gasteiger partial charge on any atom is 0.250 e. The molecule has 1 heterocycles. The van der Waals surface area contributed by atoms with Crippen LogP contribution in [0.3, 0.4) is 0 Å². The van der Waals surface area contributed by atoms with Crippen LogP contribution >= 0.6 is 11.3 Å². The molecule has 0 saturated heterocycles. The van der Waals surface area contributed by atoms with Crippen LogP contribution in [-0.4, -0.2) is 27.4 Å². The molecule has 0 aliphatic heterocycles.